The second-order valence-electron chi connectivity index (χ2n) is 6.33. The Morgan fingerprint density at radius 2 is 1.10 bits per heavy atom. The maximum Gasteiger partial charge on any atom is 0.161 e. The van der Waals surface area contributed by atoms with E-state index < -0.39 is 0 Å². The van der Waals surface area contributed by atoms with Crippen molar-refractivity contribution < 1.29 is 9.67 Å². The minimum Gasteiger partial charge on any atom is -0.395 e. The van der Waals surface area contributed by atoms with Crippen LogP contribution in [0, 0.1) is 0 Å². The third-order valence-electron chi connectivity index (χ3n) is 4.25. The summed E-state index contributed by atoms with van der Waals surface area (Å²) in [6.07, 6.45) is 20.0. The predicted molar refractivity (Wildman–Crippen MR) is 93.4 cm³/mol. The first-order valence-electron chi connectivity index (χ1n) is 9.28. The third kappa shape index (κ3) is 16.3. The zero-order chi connectivity index (χ0) is 15.6. The van der Waals surface area contributed by atoms with Gasteiger partial charge in [-0.2, -0.15) is 0 Å². The molecule has 0 saturated heterocycles. The van der Waals surface area contributed by atoms with E-state index in [0.29, 0.717) is 0 Å². The minimum absolute atomic E-state index is 0.0256. The molecule has 1 atom stereocenters. The molecule has 0 spiro atoms. The molecule has 0 radical (unpaired) electrons. The van der Waals surface area contributed by atoms with Crippen molar-refractivity contribution in [2.75, 3.05) is 6.61 Å². The Balaban J connectivity index is 3.04. The summed E-state index contributed by atoms with van der Waals surface area (Å²) in [7, 11) is 0.108. The zero-order valence-electron chi connectivity index (χ0n) is 14.2. The van der Waals surface area contributed by atoms with E-state index >= 15 is 0 Å². The molecule has 0 amide bonds. The monoisotopic (exact) mass is 316 g/mol. The molecule has 2 nitrogen and oxygen atoms in total. The van der Waals surface area contributed by atoms with Gasteiger partial charge in [-0.25, -0.2) is 0 Å². The van der Waals surface area contributed by atoms with Gasteiger partial charge in [0.05, 0.1) is 12.3 Å². The molecular formula is C18H37O2P. The Morgan fingerprint density at radius 1 is 0.714 bits per heavy atom. The number of hydrogen-bond acceptors (Lipinski definition) is 2. The first-order chi connectivity index (χ1) is 10.3. The van der Waals surface area contributed by atoms with Crippen molar-refractivity contribution in [3.63, 3.8) is 0 Å². The molecule has 1 N–H and O–H groups in total. The molecule has 3 heteroatoms. The number of aliphatic hydroxyl groups excluding tert-OH is 1. The van der Waals surface area contributed by atoms with Crippen molar-refractivity contribution >= 4 is 8.46 Å². The molecule has 0 aromatic carbocycles. The fourth-order valence-corrected chi connectivity index (χ4v) is 3.11. The van der Waals surface area contributed by atoms with E-state index in [9.17, 15) is 4.57 Å². The van der Waals surface area contributed by atoms with Gasteiger partial charge in [0.2, 0.25) is 0 Å². The van der Waals surface area contributed by atoms with E-state index in [1.165, 1.54) is 83.5 Å². The van der Waals surface area contributed by atoms with Gasteiger partial charge in [-0.3, -0.25) is 4.57 Å². The second-order valence-corrected chi connectivity index (χ2v) is 7.27. The van der Waals surface area contributed by atoms with Crippen molar-refractivity contribution in [3.8, 4) is 0 Å². The maximum absolute atomic E-state index is 10.6. The molecule has 0 aliphatic carbocycles. The highest BCUT2D eigenvalue weighted by atomic mass is 31.1. The summed E-state index contributed by atoms with van der Waals surface area (Å²) in [5.74, 6) is 0. The zero-order valence-corrected chi connectivity index (χ0v) is 15.1. The van der Waals surface area contributed by atoms with Crippen LogP contribution in [0.4, 0.5) is 0 Å². The summed E-state index contributed by atoms with van der Waals surface area (Å²) in [4.78, 5) is 0. The van der Waals surface area contributed by atoms with E-state index in [-0.39, 0.29) is 20.7 Å². The van der Waals surface area contributed by atoms with E-state index in [1.54, 1.807) is 0 Å². The summed E-state index contributed by atoms with van der Waals surface area (Å²) in [5, 5.41) is 8.92. The molecule has 0 saturated carbocycles. The number of unbranched alkanes of at least 4 members (excludes halogenated alkanes) is 13. The normalized spacial score (nSPS) is 12.9. The van der Waals surface area contributed by atoms with Crippen molar-refractivity contribution in [2.24, 2.45) is 0 Å². The maximum atomic E-state index is 10.6. The van der Waals surface area contributed by atoms with Gasteiger partial charge in [-0.1, -0.05) is 96.8 Å². The quantitative estimate of drug-likeness (QED) is 0.245. The van der Waals surface area contributed by atoms with E-state index in [1.807, 2.05) is 0 Å². The largest absolute Gasteiger partial charge is 0.395 e. The summed E-state index contributed by atoms with van der Waals surface area (Å²) in [6.45, 7) is 2.33. The molecule has 0 aliphatic rings. The molecule has 0 aliphatic heterocycles. The lowest BCUT2D eigenvalue weighted by Crippen LogP contribution is -2.03. The topological polar surface area (TPSA) is 37.3 Å². The highest BCUT2D eigenvalue weighted by Gasteiger charge is 2.05. The van der Waals surface area contributed by atoms with Crippen LogP contribution in [-0.2, 0) is 4.57 Å². The fourth-order valence-electron chi connectivity index (χ4n) is 2.75. The lowest BCUT2D eigenvalue weighted by Gasteiger charge is -2.05. The molecule has 0 rings (SSSR count). The van der Waals surface area contributed by atoms with Crippen LogP contribution in [-0.4, -0.2) is 17.4 Å². The molecule has 0 bridgehead atoms. The molecule has 126 valence electrons. The standard InChI is InChI=1S/C18H37O2P/c1-2-3-4-5-6-7-8-9-10-11-12-13-14-15-16-18(17-19)21-20/h18-19H,2-17H2,1H3. The molecule has 0 aromatic heterocycles. The molecule has 0 heterocycles. The highest BCUT2D eigenvalue weighted by molar-refractivity contribution is 7.24. The summed E-state index contributed by atoms with van der Waals surface area (Å²) in [6, 6.07) is 0. The highest BCUT2D eigenvalue weighted by Crippen LogP contribution is 2.16. The van der Waals surface area contributed by atoms with Gasteiger partial charge >= 0.3 is 0 Å². The van der Waals surface area contributed by atoms with Crippen LogP contribution in [0.3, 0.4) is 0 Å². The number of rotatable bonds is 17. The minimum atomic E-state index is -0.0256. The SMILES string of the molecule is CCCCCCCCCCCCCCCCC(CO)P=O. The summed E-state index contributed by atoms with van der Waals surface area (Å²) in [5.41, 5.74) is -0.0256. The van der Waals surface area contributed by atoms with Crippen molar-refractivity contribution in [3.05, 3.63) is 0 Å². The number of aliphatic hydroxyl groups is 1. The first kappa shape index (κ1) is 21.1. The summed E-state index contributed by atoms with van der Waals surface area (Å²) >= 11 is 0. The summed E-state index contributed by atoms with van der Waals surface area (Å²) < 4.78 is 10.6. The van der Waals surface area contributed by atoms with Gasteiger partial charge in [0.1, 0.15) is 0 Å². The van der Waals surface area contributed by atoms with Gasteiger partial charge in [0.15, 0.2) is 8.46 Å². The van der Waals surface area contributed by atoms with E-state index in [4.69, 9.17) is 5.11 Å². The van der Waals surface area contributed by atoms with Crippen LogP contribution in [0.1, 0.15) is 103 Å². The van der Waals surface area contributed by atoms with Crippen LogP contribution in [0.2, 0.25) is 0 Å². The van der Waals surface area contributed by atoms with Crippen molar-refractivity contribution in [1.82, 2.24) is 0 Å². The van der Waals surface area contributed by atoms with E-state index in [0.717, 1.165) is 12.8 Å². The Bertz CT molecular complexity index is 209. The van der Waals surface area contributed by atoms with Gasteiger partial charge in [-0.05, 0) is 6.42 Å². The Labute approximate surface area is 134 Å². The van der Waals surface area contributed by atoms with E-state index in [2.05, 4.69) is 6.92 Å². The van der Waals surface area contributed by atoms with Crippen LogP contribution in [0.15, 0.2) is 0 Å². The second kappa shape index (κ2) is 18.1. The van der Waals surface area contributed by atoms with Gasteiger partial charge in [0.25, 0.3) is 0 Å². The predicted octanol–water partition coefficient (Wildman–Crippen LogP) is 6.51. The fraction of sp³-hybridized carbons (Fsp3) is 1.00. The molecular weight excluding hydrogens is 279 g/mol. The van der Waals surface area contributed by atoms with Crippen LogP contribution < -0.4 is 0 Å². The van der Waals surface area contributed by atoms with Crippen LogP contribution >= 0.6 is 8.46 Å². The van der Waals surface area contributed by atoms with Gasteiger partial charge in [0, 0.05) is 0 Å². The third-order valence-corrected chi connectivity index (χ3v) is 4.97. The van der Waals surface area contributed by atoms with Crippen molar-refractivity contribution in [1.29, 1.82) is 0 Å². The molecule has 0 fully saturated rings. The van der Waals surface area contributed by atoms with Crippen LogP contribution in [0.25, 0.3) is 0 Å². The van der Waals surface area contributed by atoms with Crippen molar-refractivity contribution in [2.45, 2.75) is 109 Å². The first-order valence-corrected chi connectivity index (χ1v) is 10.2. The van der Waals surface area contributed by atoms with Gasteiger partial charge < -0.3 is 5.11 Å². The lowest BCUT2D eigenvalue weighted by atomic mass is 10.0. The average Bonchev–Trinajstić information content (AvgIpc) is 2.51. The Kier molecular flexibility index (Phi) is 18.2. The lowest BCUT2D eigenvalue weighted by molar-refractivity contribution is 0.285. The molecule has 1 unspecified atom stereocenters. The van der Waals surface area contributed by atoms with Gasteiger partial charge in [-0.15, -0.1) is 0 Å². The smallest absolute Gasteiger partial charge is 0.161 e. The molecule has 0 aromatic rings. The Hall–Kier alpha value is 0.0600. The van der Waals surface area contributed by atoms with Crippen LogP contribution in [0.5, 0.6) is 0 Å². The molecule has 21 heavy (non-hydrogen) atoms. The Morgan fingerprint density at radius 3 is 1.43 bits per heavy atom. The number of hydrogen-bond donors (Lipinski definition) is 1. The average molecular weight is 316 g/mol.